The number of thioether (sulfide) groups is 1. The van der Waals surface area contributed by atoms with Crippen LogP contribution in [0.15, 0.2) is 40.5 Å². The van der Waals surface area contributed by atoms with Crippen molar-refractivity contribution in [1.82, 2.24) is 9.97 Å². The Labute approximate surface area is 140 Å². The normalized spacial score (nSPS) is 12.4. The van der Waals surface area contributed by atoms with Gasteiger partial charge in [-0.15, -0.1) is 23.1 Å². The van der Waals surface area contributed by atoms with Crippen molar-refractivity contribution in [2.24, 2.45) is 0 Å². The largest absolute Gasteiger partial charge is 0.480 e. The second-order valence-electron chi connectivity index (χ2n) is 5.00. The van der Waals surface area contributed by atoms with E-state index in [1.807, 2.05) is 35.7 Å². The Morgan fingerprint density at radius 1 is 1.39 bits per heavy atom. The number of aromatic nitrogens is 2. The molecule has 5 nitrogen and oxygen atoms in total. The minimum absolute atomic E-state index is 0.186. The maximum atomic E-state index is 12.4. The van der Waals surface area contributed by atoms with Crippen LogP contribution in [0, 0.1) is 0 Å². The molecule has 3 rings (SSSR count). The molecule has 0 radical (unpaired) electrons. The highest BCUT2D eigenvalue weighted by molar-refractivity contribution is 7.99. The van der Waals surface area contributed by atoms with Crippen molar-refractivity contribution < 1.29 is 9.90 Å². The smallest absolute Gasteiger partial charge is 0.316 e. The third-order valence-electron chi connectivity index (χ3n) is 3.40. The van der Waals surface area contributed by atoms with Gasteiger partial charge in [0.15, 0.2) is 0 Å². The molecule has 0 aliphatic heterocycles. The molecule has 23 heavy (non-hydrogen) atoms. The molecule has 1 aromatic carbocycles. The summed E-state index contributed by atoms with van der Waals surface area (Å²) in [4.78, 5) is 31.2. The summed E-state index contributed by atoms with van der Waals surface area (Å²) in [6, 6.07) is 9.70. The van der Waals surface area contributed by atoms with E-state index in [-0.39, 0.29) is 5.56 Å². The van der Waals surface area contributed by atoms with Crippen LogP contribution in [0.2, 0.25) is 0 Å². The Morgan fingerprint density at radius 3 is 2.83 bits per heavy atom. The van der Waals surface area contributed by atoms with Gasteiger partial charge in [0.2, 0.25) is 0 Å². The van der Waals surface area contributed by atoms with Crippen LogP contribution in [0.3, 0.4) is 0 Å². The number of carboxylic acids is 1. The maximum absolute atomic E-state index is 12.4. The SMILES string of the molecule is C[C@H](SCc1nc2scc(-c3ccccc3)c2c(=O)[nH]1)C(=O)O. The topological polar surface area (TPSA) is 83.0 Å². The lowest BCUT2D eigenvalue weighted by atomic mass is 10.1. The molecule has 118 valence electrons. The standard InChI is InChI=1S/C16H14N2O3S2/c1-9(16(20)21)22-8-12-17-14(19)13-11(7-23-15(13)18-12)10-5-3-2-4-6-10/h2-7,9H,8H2,1H3,(H,20,21)(H,17,18,19)/t9-/m0/s1. The molecule has 0 aliphatic rings. The number of nitrogens with one attached hydrogen (secondary N) is 1. The number of aromatic amines is 1. The summed E-state index contributed by atoms with van der Waals surface area (Å²) in [5.74, 6) is -0.0139. The van der Waals surface area contributed by atoms with Crippen LogP contribution in [0.1, 0.15) is 12.7 Å². The zero-order valence-corrected chi connectivity index (χ0v) is 13.9. The molecular formula is C16H14N2O3S2. The number of nitrogens with zero attached hydrogens (tertiary/aromatic N) is 1. The first-order valence-electron chi connectivity index (χ1n) is 6.96. The van der Waals surface area contributed by atoms with Crippen LogP contribution in [0.4, 0.5) is 0 Å². The van der Waals surface area contributed by atoms with E-state index < -0.39 is 11.2 Å². The molecular weight excluding hydrogens is 332 g/mol. The fourth-order valence-corrected chi connectivity index (χ4v) is 3.82. The molecule has 0 bridgehead atoms. The van der Waals surface area contributed by atoms with Crippen molar-refractivity contribution in [2.75, 3.05) is 0 Å². The number of carbonyl (C=O) groups is 1. The van der Waals surface area contributed by atoms with E-state index in [1.54, 1.807) is 6.92 Å². The van der Waals surface area contributed by atoms with E-state index in [9.17, 15) is 9.59 Å². The highest BCUT2D eigenvalue weighted by Gasteiger charge is 2.15. The van der Waals surface area contributed by atoms with Gasteiger partial charge in [0, 0.05) is 10.9 Å². The maximum Gasteiger partial charge on any atom is 0.316 e. The van der Waals surface area contributed by atoms with Crippen molar-refractivity contribution in [3.8, 4) is 11.1 Å². The Hall–Kier alpha value is -2.12. The minimum atomic E-state index is -0.874. The molecule has 0 fully saturated rings. The van der Waals surface area contributed by atoms with E-state index in [0.717, 1.165) is 11.1 Å². The molecule has 2 aromatic heterocycles. The summed E-state index contributed by atoms with van der Waals surface area (Å²) in [5.41, 5.74) is 1.67. The van der Waals surface area contributed by atoms with E-state index in [2.05, 4.69) is 9.97 Å². The Kier molecular flexibility index (Phi) is 4.49. The lowest BCUT2D eigenvalue weighted by molar-refractivity contribution is -0.136. The highest BCUT2D eigenvalue weighted by atomic mass is 32.2. The van der Waals surface area contributed by atoms with Gasteiger partial charge in [0.05, 0.1) is 16.4 Å². The van der Waals surface area contributed by atoms with Crippen molar-refractivity contribution in [2.45, 2.75) is 17.9 Å². The van der Waals surface area contributed by atoms with Gasteiger partial charge in [-0.2, -0.15) is 0 Å². The Bertz CT molecular complexity index is 903. The summed E-state index contributed by atoms with van der Waals surface area (Å²) in [7, 11) is 0. The molecule has 0 spiro atoms. The third kappa shape index (κ3) is 3.30. The molecule has 0 aliphatic carbocycles. The molecule has 3 aromatic rings. The second-order valence-corrected chi connectivity index (χ2v) is 7.19. The zero-order chi connectivity index (χ0) is 16.4. The Morgan fingerprint density at radius 2 is 2.13 bits per heavy atom. The van der Waals surface area contributed by atoms with Crippen LogP contribution >= 0.6 is 23.1 Å². The summed E-state index contributed by atoms with van der Waals surface area (Å²) >= 11 is 2.65. The number of hydrogen-bond acceptors (Lipinski definition) is 5. The average Bonchev–Trinajstić information content (AvgIpc) is 2.98. The molecule has 7 heteroatoms. The van der Waals surface area contributed by atoms with Gasteiger partial charge in [-0.05, 0) is 12.5 Å². The van der Waals surface area contributed by atoms with Gasteiger partial charge in [0.25, 0.3) is 5.56 Å². The number of benzene rings is 1. The van der Waals surface area contributed by atoms with Gasteiger partial charge >= 0.3 is 5.97 Å². The third-order valence-corrected chi connectivity index (χ3v) is 5.41. The first-order chi connectivity index (χ1) is 11.1. The summed E-state index contributed by atoms with van der Waals surface area (Å²) < 4.78 is 0. The summed E-state index contributed by atoms with van der Waals surface area (Å²) in [6.07, 6.45) is 0. The fraction of sp³-hybridized carbons (Fsp3) is 0.188. The van der Waals surface area contributed by atoms with E-state index in [0.29, 0.717) is 21.8 Å². The first kappa shape index (κ1) is 15.8. The molecule has 0 saturated heterocycles. The molecule has 1 atom stereocenters. The fourth-order valence-electron chi connectivity index (χ4n) is 2.17. The number of aliphatic carboxylic acids is 1. The van der Waals surface area contributed by atoms with E-state index >= 15 is 0 Å². The van der Waals surface area contributed by atoms with Gasteiger partial charge in [-0.1, -0.05) is 30.3 Å². The van der Waals surface area contributed by atoms with Crippen LogP contribution in [0.25, 0.3) is 21.3 Å². The van der Waals surface area contributed by atoms with E-state index in [4.69, 9.17) is 5.11 Å². The van der Waals surface area contributed by atoms with Crippen molar-refractivity contribution in [3.63, 3.8) is 0 Å². The second kappa shape index (κ2) is 6.55. The lowest BCUT2D eigenvalue weighted by Gasteiger charge is -2.05. The highest BCUT2D eigenvalue weighted by Crippen LogP contribution is 2.30. The molecule has 2 heterocycles. The predicted octanol–water partition coefficient (Wildman–Crippen LogP) is 3.36. The van der Waals surface area contributed by atoms with Crippen LogP contribution in [-0.4, -0.2) is 26.3 Å². The van der Waals surface area contributed by atoms with Gasteiger partial charge in [-0.25, -0.2) is 4.98 Å². The quantitative estimate of drug-likeness (QED) is 0.740. The predicted molar refractivity (Wildman–Crippen MR) is 94.1 cm³/mol. The van der Waals surface area contributed by atoms with Gasteiger partial charge < -0.3 is 10.1 Å². The minimum Gasteiger partial charge on any atom is -0.480 e. The van der Waals surface area contributed by atoms with Crippen LogP contribution < -0.4 is 5.56 Å². The summed E-state index contributed by atoms with van der Waals surface area (Å²) in [6.45, 7) is 1.61. The molecule has 0 amide bonds. The van der Waals surface area contributed by atoms with Crippen LogP contribution in [0.5, 0.6) is 0 Å². The first-order valence-corrected chi connectivity index (χ1v) is 8.89. The number of rotatable bonds is 5. The molecule has 0 saturated carbocycles. The molecule has 0 unspecified atom stereocenters. The molecule has 2 N–H and O–H groups in total. The monoisotopic (exact) mass is 346 g/mol. The Balaban J connectivity index is 1.95. The lowest BCUT2D eigenvalue weighted by Crippen LogP contribution is -2.14. The summed E-state index contributed by atoms with van der Waals surface area (Å²) in [5, 5.41) is 10.9. The van der Waals surface area contributed by atoms with Crippen molar-refractivity contribution in [3.05, 3.63) is 51.9 Å². The number of thiophene rings is 1. The van der Waals surface area contributed by atoms with Crippen molar-refractivity contribution in [1.29, 1.82) is 0 Å². The van der Waals surface area contributed by atoms with Gasteiger partial charge in [-0.3, -0.25) is 9.59 Å². The number of H-pyrrole nitrogens is 1. The van der Waals surface area contributed by atoms with E-state index in [1.165, 1.54) is 23.1 Å². The van der Waals surface area contributed by atoms with Gasteiger partial charge in [0.1, 0.15) is 10.7 Å². The van der Waals surface area contributed by atoms with Crippen molar-refractivity contribution >= 4 is 39.3 Å². The average molecular weight is 346 g/mol. The zero-order valence-electron chi connectivity index (χ0n) is 12.3. The number of hydrogen-bond donors (Lipinski definition) is 2. The number of carboxylic acid groups (broad SMARTS) is 1. The van der Waals surface area contributed by atoms with Crippen LogP contribution in [-0.2, 0) is 10.5 Å². The number of fused-ring (bicyclic) bond motifs is 1.